The topological polar surface area (TPSA) is 171 Å². The Balaban J connectivity index is 1.97. The summed E-state index contributed by atoms with van der Waals surface area (Å²) in [4.78, 5) is 59.6. The third-order valence-electron chi connectivity index (χ3n) is 4.35. The van der Waals surface area contributed by atoms with E-state index in [0.717, 1.165) is 6.07 Å². The van der Waals surface area contributed by atoms with Gasteiger partial charge in [-0.15, -0.1) is 0 Å². The summed E-state index contributed by atoms with van der Waals surface area (Å²) in [6, 6.07) is 8.30. The van der Waals surface area contributed by atoms with Gasteiger partial charge in [-0.05, 0) is 36.8 Å². The third-order valence-corrected chi connectivity index (χ3v) is 4.35. The summed E-state index contributed by atoms with van der Waals surface area (Å²) in [6.07, 6.45) is 1.23. The molecule has 0 aromatic heterocycles. The Bertz CT molecular complexity index is 1190. The van der Waals surface area contributed by atoms with Crippen molar-refractivity contribution in [1.82, 2.24) is 5.32 Å². The van der Waals surface area contributed by atoms with Gasteiger partial charge in [0.15, 0.2) is 18.1 Å². The minimum absolute atomic E-state index is 0.0738. The fraction of sp³-hybridized carbons (Fsp3) is 0.143. The number of rotatable bonds is 8. The number of carbonyl (C=O) groups is 4. The number of carbonyl (C=O) groups excluding carboxylic acids is 4. The van der Waals surface area contributed by atoms with E-state index in [9.17, 15) is 29.3 Å². The van der Waals surface area contributed by atoms with Gasteiger partial charge < -0.3 is 15.2 Å². The van der Waals surface area contributed by atoms with Gasteiger partial charge in [-0.3, -0.25) is 29.8 Å². The molecule has 0 aliphatic carbocycles. The quantitative estimate of drug-likeness (QED) is 0.262. The van der Waals surface area contributed by atoms with Crippen LogP contribution in [0.5, 0.6) is 11.5 Å². The van der Waals surface area contributed by atoms with Gasteiger partial charge >= 0.3 is 6.03 Å². The molecule has 0 bridgehead atoms. The molecule has 170 valence electrons. The molecule has 12 heteroatoms. The van der Waals surface area contributed by atoms with Crippen LogP contribution in [0.2, 0.25) is 0 Å². The largest absolute Gasteiger partial charge is 0.490 e. The monoisotopic (exact) mass is 454 g/mol. The van der Waals surface area contributed by atoms with Crippen molar-refractivity contribution in [2.24, 2.45) is 5.73 Å². The first-order valence-electron chi connectivity index (χ1n) is 9.55. The van der Waals surface area contributed by atoms with Gasteiger partial charge in [0.05, 0.1) is 17.2 Å². The number of nitrogens with two attached hydrogens (primary N) is 1. The molecule has 0 radical (unpaired) electrons. The molecule has 3 N–H and O–H groups in total. The van der Waals surface area contributed by atoms with Gasteiger partial charge in [-0.25, -0.2) is 9.69 Å². The second kappa shape index (κ2) is 9.60. The molecular formula is C21H18N4O8. The van der Waals surface area contributed by atoms with Crippen molar-refractivity contribution in [2.75, 3.05) is 18.1 Å². The maximum Gasteiger partial charge on any atom is 0.335 e. The maximum absolute atomic E-state index is 13.0. The van der Waals surface area contributed by atoms with Gasteiger partial charge in [0.25, 0.3) is 23.4 Å². The van der Waals surface area contributed by atoms with Crippen LogP contribution in [-0.4, -0.2) is 41.9 Å². The highest BCUT2D eigenvalue weighted by atomic mass is 16.6. The van der Waals surface area contributed by atoms with Crippen LogP contribution in [0.15, 0.2) is 48.0 Å². The number of primary amides is 1. The van der Waals surface area contributed by atoms with Gasteiger partial charge in [0.2, 0.25) is 0 Å². The molecule has 1 fully saturated rings. The molecule has 12 nitrogen and oxygen atoms in total. The zero-order valence-electron chi connectivity index (χ0n) is 17.3. The van der Waals surface area contributed by atoms with Gasteiger partial charge in [-0.2, -0.15) is 0 Å². The van der Waals surface area contributed by atoms with Gasteiger partial charge in [0, 0.05) is 12.1 Å². The predicted molar refractivity (Wildman–Crippen MR) is 114 cm³/mol. The Morgan fingerprint density at radius 1 is 1.15 bits per heavy atom. The van der Waals surface area contributed by atoms with Crippen LogP contribution < -0.4 is 25.4 Å². The molecule has 2 aromatic rings. The molecule has 33 heavy (non-hydrogen) atoms. The van der Waals surface area contributed by atoms with Crippen molar-refractivity contribution >= 4 is 41.2 Å². The summed E-state index contributed by atoms with van der Waals surface area (Å²) in [5.41, 5.74) is 4.65. The average molecular weight is 454 g/mol. The Hall–Kier alpha value is -4.74. The zero-order chi connectivity index (χ0) is 24.1. The lowest BCUT2D eigenvalue weighted by Gasteiger charge is -2.26. The highest BCUT2D eigenvalue weighted by Gasteiger charge is 2.37. The number of hydrogen-bond donors (Lipinski definition) is 2. The molecule has 1 aliphatic heterocycles. The Kier molecular flexibility index (Phi) is 6.67. The van der Waals surface area contributed by atoms with E-state index in [2.05, 4.69) is 0 Å². The molecular weight excluding hydrogens is 436 g/mol. The van der Waals surface area contributed by atoms with E-state index in [1.807, 2.05) is 5.32 Å². The number of anilines is 1. The number of nitrogens with one attached hydrogen (secondary N) is 1. The molecule has 0 spiro atoms. The molecule has 0 saturated carbocycles. The summed E-state index contributed by atoms with van der Waals surface area (Å²) >= 11 is 0. The zero-order valence-corrected chi connectivity index (χ0v) is 17.3. The summed E-state index contributed by atoms with van der Waals surface area (Å²) in [5.74, 6) is -2.11. The number of benzene rings is 2. The second-order valence-corrected chi connectivity index (χ2v) is 6.63. The number of imide groups is 2. The van der Waals surface area contributed by atoms with Crippen LogP contribution in [0.1, 0.15) is 12.5 Å². The molecule has 3 rings (SSSR count). The third kappa shape index (κ3) is 5.12. The van der Waals surface area contributed by atoms with Crippen LogP contribution in [0, 0.1) is 10.1 Å². The smallest absolute Gasteiger partial charge is 0.335 e. The number of nitrogens with zero attached hydrogens (tertiary/aromatic N) is 2. The van der Waals surface area contributed by atoms with Crippen molar-refractivity contribution in [2.45, 2.75) is 6.92 Å². The highest BCUT2D eigenvalue weighted by molar-refractivity contribution is 6.39. The first kappa shape index (κ1) is 22.9. The average Bonchev–Trinajstić information content (AvgIpc) is 2.76. The molecule has 0 unspecified atom stereocenters. The molecule has 5 amide bonds. The lowest BCUT2D eigenvalue weighted by molar-refractivity contribution is -0.384. The molecule has 1 heterocycles. The fourth-order valence-corrected chi connectivity index (χ4v) is 2.96. The van der Waals surface area contributed by atoms with Crippen molar-refractivity contribution in [3.8, 4) is 11.5 Å². The van der Waals surface area contributed by atoms with Gasteiger partial charge in [-0.1, -0.05) is 12.1 Å². The summed E-state index contributed by atoms with van der Waals surface area (Å²) in [7, 11) is 0. The fourth-order valence-electron chi connectivity index (χ4n) is 2.96. The van der Waals surface area contributed by atoms with Crippen LogP contribution in [0.3, 0.4) is 0 Å². The first-order valence-corrected chi connectivity index (χ1v) is 9.55. The van der Waals surface area contributed by atoms with Crippen molar-refractivity contribution in [3.05, 3.63) is 63.7 Å². The first-order chi connectivity index (χ1) is 15.7. The minimum atomic E-state index is -1.03. The number of hydrogen-bond acceptors (Lipinski definition) is 8. The number of nitro groups is 1. The van der Waals surface area contributed by atoms with E-state index in [1.54, 1.807) is 6.92 Å². The molecule has 2 aromatic carbocycles. The predicted octanol–water partition coefficient (Wildman–Crippen LogP) is 1.52. The highest BCUT2D eigenvalue weighted by Crippen LogP contribution is 2.30. The second-order valence-electron chi connectivity index (χ2n) is 6.63. The van der Waals surface area contributed by atoms with E-state index in [0.29, 0.717) is 10.5 Å². The lowest BCUT2D eigenvalue weighted by Crippen LogP contribution is -2.54. The van der Waals surface area contributed by atoms with E-state index < -0.39 is 28.7 Å². The van der Waals surface area contributed by atoms with Crippen molar-refractivity contribution in [1.29, 1.82) is 0 Å². The Morgan fingerprint density at radius 2 is 1.91 bits per heavy atom. The van der Waals surface area contributed by atoms with Gasteiger partial charge in [0.1, 0.15) is 5.57 Å². The van der Waals surface area contributed by atoms with Crippen molar-refractivity contribution < 1.29 is 33.6 Å². The van der Waals surface area contributed by atoms with Crippen LogP contribution in [0.4, 0.5) is 16.2 Å². The summed E-state index contributed by atoms with van der Waals surface area (Å²) in [5, 5.41) is 13.1. The summed E-state index contributed by atoms with van der Waals surface area (Å²) < 4.78 is 10.8. The molecule has 1 saturated heterocycles. The van der Waals surface area contributed by atoms with Crippen LogP contribution in [-0.2, 0) is 14.4 Å². The number of ether oxygens (including phenoxy) is 2. The SMILES string of the molecule is CCOc1cc(/C=C2\C(=O)NC(=O)N(c3cccc([N+](=O)[O-])c3)C2=O)ccc1OCC(N)=O. The number of barbiturate groups is 1. The lowest BCUT2D eigenvalue weighted by atomic mass is 10.1. The maximum atomic E-state index is 13.0. The molecule has 1 aliphatic rings. The number of amides is 5. The van der Waals surface area contributed by atoms with E-state index in [-0.39, 0.29) is 41.7 Å². The Labute approximate surface area is 186 Å². The Morgan fingerprint density at radius 3 is 2.58 bits per heavy atom. The normalized spacial score (nSPS) is 14.8. The number of urea groups is 1. The van der Waals surface area contributed by atoms with E-state index in [4.69, 9.17) is 15.2 Å². The van der Waals surface area contributed by atoms with E-state index >= 15 is 0 Å². The van der Waals surface area contributed by atoms with Crippen LogP contribution in [0.25, 0.3) is 6.08 Å². The summed E-state index contributed by atoms with van der Waals surface area (Å²) in [6.45, 7) is 1.62. The van der Waals surface area contributed by atoms with Crippen LogP contribution >= 0.6 is 0 Å². The standard InChI is InChI=1S/C21H18N4O8/c1-2-32-17-9-12(6-7-16(17)33-11-18(22)26)8-15-19(27)23-21(29)24(20(15)28)13-4-3-5-14(10-13)25(30)31/h3-10H,2,11H2,1H3,(H2,22,26)(H,23,27,29)/b15-8+. The van der Waals surface area contributed by atoms with E-state index in [1.165, 1.54) is 42.5 Å². The van der Waals surface area contributed by atoms with Crippen molar-refractivity contribution in [3.63, 3.8) is 0 Å². The molecule has 0 atom stereocenters. The minimum Gasteiger partial charge on any atom is -0.490 e. The number of non-ortho nitro benzene ring substituents is 1. The number of nitro benzene ring substituents is 1.